The Balaban J connectivity index is 2.19. The Labute approximate surface area is 168 Å². The minimum Gasteiger partial charge on any atom is -0.465 e. The van der Waals surface area contributed by atoms with Crippen LogP contribution in [0.3, 0.4) is 0 Å². The minimum atomic E-state index is -1.11. The van der Waals surface area contributed by atoms with Crippen molar-refractivity contribution in [2.24, 2.45) is 5.92 Å². The Morgan fingerprint density at radius 1 is 1.00 bits per heavy atom. The number of carbonyl (C=O) groups is 2. The van der Waals surface area contributed by atoms with Crippen LogP contribution >= 0.6 is 11.6 Å². The lowest BCUT2D eigenvalue weighted by molar-refractivity contribution is -0.162. The average molecular weight is 400 g/mol. The Morgan fingerprint density at radius 3 is 2.25 bits per heavy atom. The van der Waals surface area contributed by atoms with Crippen molar-refractivity contribution in [2.45, 2.75) is 19.8 Å². The lowest BCUT2D eigenvalue weighted by Crippen LogP contribution is -2.34. The number of nitrogens with one attached hydrogen (secondary N) is 1. The van der Waals surface area contributed by atoms with Crippen molar-refractivity contribution in [2.75, 3.05) is 13.2 Å². The fourth-order valence-electron chi connectivity index (χ4n) is 3.42. The number of hydrogen-bond donors (Lipinski definition) is 1. The van der Waals surface area contributed by atoms with E-state index in [0.717, 1.165) is 22.0 Å². The first-order valence-corrected chi connectivity index (χ1v) is 9.59. The molecule has 0 aliphatic carbocycles. The Bertz CT molecular complexity index is 949. The third-order valence-electron chi connectivity index (χ3n) is 4.58. The number of benzene rings is 2. The van der Waals surface area contributed by atoms with Crippen LogP contribution in [-0.2, 0) is 19.1 Å². The zero-order chi connectivity index (χ0) is 20.1. The normalized spacial score (nSPS) is 12.1. The van der Waals surface area contributed by atoms with E-state index in [4.69, 9.17) is 21.1 Å². The predicted molar refractivity (Wildman–Crippen MR) is 108 cm³/mol. The number of halogens is 1. The molecule has 1 aromatic heterocycles. The summed E-state index contributed by atoms with van der Waals surface area (Å²) in [6, 6.07) is 14.9. The molecule has 0 bridgehead atoms. The van der Waals surface area contributed by atoms with E-state index in [1.165, 1.54) is 0 Å². The molecule has 0 aliphatic heterocycles. The highest BCUT2D eigenvalue weighted by molar-refractivity contribution is 6.31. The standard InChI is InChI=1S/C22H22ClNO4/c1-3-27-21(25)20(22(26)28-4-2)19(14-8-6-5-7-9-14)17-13-24-18-12-15(23)10-11-16(17)18/h5-13,19-20,24H,3-4H2,1-2H3. The van der Waals surface area contributed by atoms with E-state index in [0.29, 0.717) is 5.02 Å². The van der Waals surface area contributed by atoms with Crippen molar-refractivity contribution in [3.05, 3.63) is 70.9 Å². The Morgan fingerprint density at radius 2 is 1.64 bits per heavy atom. The highest BCUT2D eigenvalue weighted by Gasteiger charge is 2.40. The van der Waals surface area contributed by atoms with Gasteiger partial charge < -0.3 is 14.5 Å². The van der Waals surface area contributed by atoms with Gasteiger partial charge in [0.25, 0.3) is 0 Å². The highest BCUT2D eigenvalue weighted by atomic mass is 35.5. The van der Waals surface area contributed by atoms with Crippen molar-refractivity contribution < 1.29 is 19.1 Å². The second-order valence-corrected chi connectivity index (χ2v) is 6.74. The van der Waals surface area contributed by atoms with E-state index in [9.17, 15) is 9.59 Å². The van der Waals surface area contributed by atoms with Crippen molar-refractivity contribution in [1.82, 2.24) is 4.98 Å². The van der Waals surface area contributed by atoms with Crippen LogP contribution in [0.25, 0.3) is 10.9 Å². The van der Waals surface area contributed by atoms with Gasteiger partial charge in [0.15, 0.2) is 5.92 Å². The number of hydrogen-bond acceptors (Lipinski definition) is 4. The van der Waals surface area contributed by atoms with Crippen molar-refractivity contribution >= 4 is 34.4 Å². The summed E-state index contributed by atoms with van der Waals surface area (Å²) in [5.41, 5.74) is 2.46. The quantitative estimate of drug-likeness (QED) is 0.462. The molecule has 2 aromatic carbocycles. The number of fused-ring (bicyclic) bond motifs is 1. The molecule has 1 unspecified atom stereocenters. The van der Waals surface area contributed by atoms with Gasteiger partial charge in [-0.2, -0.15) is 0 Å². The number of ether oxygens (including phenoxy) is 2. The number of H-pyrrole nitrogens is 1. The lowest BCUT2D eigenvalue weighted by Gasteiger charge is -2.24. The highest BCUT2D eigenvalue weighted by Crippen LogP contribution is 2.38. The van der Waals surface area contributed by atoms with Crippen LogP contribution in [-0.4, -0.2) is 30.1 Å². The van der Waals surface area contributed by atoms with Gasteiger partial charge in [-0.3, -0.25) is 9.59 Å². The number of carbonyl (C=O) groups excluding carboxylic acids is 2. The topological polar surface area (TPSA) is 68.4 Å². The van der Waals surface area contributed by atoms with Crippen LogP contribution < -0.4 is 0 Å². The summed E-state index contributed by atoms with van der Waals surface area (Å²) in [5.74, 6) is -2.87. The second kappa shape index (κ2) is 8.93. The third-order valence-corrected chi connectivity index (χ3v) is 4.82. The van der Waals surface area contributed by atoms with Gasteiger partial charge in [-0.05, 0) is 37.1 Å². The Kier molecular flexibility index (Phi) is 6.37. The summed E-state index contributed by atoms with van der Waals surface area (Å²) in [7, 11) is 0. The lowest BCUT2D eigenvalue weighted by atomic mass is 9.80. The molecule has 5 nitrogen and oxygen atoms in total. The molecule has 1 N–H and O–H groups in total. The molecule has 1 atom stereocenters. The molecule has 0 radical (unpaired) electrons. The van der Waals surface area contributed by atoms with Crippen LogP contribution in [0, 0.1) is 5.92 Å². The molecule has 3 aromatic rings. The van der Waals surface area contributed by atoms with E-state index >= 15 is 0 Å². The molecular weight excluding hydrogens is 378 g/mol. The van der Waals surface area contributed by atoms with Gasteiger partial charge in [0, 0.05) is 28.0 Å². The molecule has 0 aliphatic rings. The number of esters is 2. The van der Waals surface area contributed by atoms with E-state index in [2.05, 4.69) is 4.98 Å². The maximum Gasteiger partial charge on any atom is 0.321 e. The summed E-state index contributed by atoms with van der Waals surface area (Å²) in [6.45, 7) is 3.79. The smallest absolute Gasteiger partial charge is 0.321 e. The SMILES string of the molecule is CCOC(=O)C(C(=O)OCC)C(c1ccccc1)c1c[nH]c2cc(Cl)ccc12. The molecule has 0 fully saturated rings. The zero-order valence-corrected chi connectivity index (χ0v) is 16.5. The first-order valence-electron chi connectivity index (χ1n) is 9.21. The van der Waals surface area contributed by atoms with E-state index in [-0.39, 0.29) is 13.2 Å². The molecule has 28 heavy (non-hydrogen) atoms. The van der Waals surface area contributed by atoms with Crippen LogP contribution in [0.2, 0.25) is 5.02 Å². The van der Waals surface area contributed by atoms with Crippen LogP contribution in [0.15, 0.2) is 54.7 Å². The maximum absolute atomic E-state index is 12.8. The summed E-state index contributed by atoms with van der Waals surface area (Å²) in [5, 5.41) is 1.49. The van der Waals surface area contributed by atoms with Gasteiger partial charge in [-0.25, -0.2) is 0 Å². The van der Waals surface area contributed by atoms with Crippen LogP contribution in [0.4, 0.5) is 0 Å². The van der Waals surface area contributed by atoms with E-state index < -0.39 is 23.8 Å². The summed E-state index contributed by atoms with van der Waals surface area (Å²) >= 11 is 6.10. The molecule has 1 heterocycles. The fourth-order valence-corrected chi connectivity index (χ4v) is 3.59. The molecule has 6 heteroatoms. The first-order chi connectivity index (χ1) is 13.6. The molecule has 146 valence electrons. The molecule has 3 rings (SSSR count). The number of aromatic nitrogens is 1. The first kappa shape index (κ1) is 20.0. The summed E-state index contributed by atoms with van der Waals surface area (Å²) in [6.07, 6.45) is 1.81. The molecule has 0 saturated carbocycles. The fraction of sp³-hybridized carbons (Fsp3) is 0.273. The summed E-state index contributed by atoms with van der Waals surface area (Å²) < 4.78 is 10.5. The third kappa shape index (κ3) is 4.04. The van der Waals surface area contributed by atoms with Gasteiger partial charge >= 0.3 is 11.9 Å². The Hall–Kier alpha value is -2.79. The molecule has 0 saturated heterocycles. The molecule has 0 spiro atoms. The van der Waals surface area contributed by atoms with E-state index in [1.807, 2.05) is 48.7 Å². The second-order valence-electron chi connectivity index (χ2n) is 6.30. The van der Waals surface area contributed by atoms with Crippen molar-refractivity contribution in [1.29, 1.82) is 0 Å². The van der Waals surface area contributed by atoms with Crippen LogP contribution in [0.5, 0.6) is 0 Å². The molecular formula is C22H22ClNO4. The number of aromatic amines is 1. The van der Waals surface area contributed by atoms with Gasteiger partial charge in [-0.1, -0.05) is 48.0 Å². The van der Waals surface area contributed by atoms with Crippen molar-refractivity contribution in [3.63, 3.8) is 0 Å². The largest absolute Gasteiger partial charge is 0.465 e. The predicted octanol–water partition coefficient (Wildman–Crippen LogP) is 4.70. The zero-order valence-electron chi connectivity index (χ0n) is 15.8. The molecule has 0 amide bonds. The number of rotatable bonds is 7. The van der Waals surface area contributed by atoms with Gasteiger partial charge in [0.1, 0.15) is 0 Å². The van der Waals surface area contributed by atoms with Gasteiger partial charge in [-0.15, -0.1) is 0 Å². The van der Waals surface area contributed by atoms with Crippen LogP contribution in [0.1, 0.15) is 30.9 Å². The monoisotopic (exact) mass is 399 g/mol. The maximum atomic E-state index is 12.8. The summed E-state index contributed by atoms with van der Waals surface area (Å²) in [4.78, 5) is 28.8. The van der Waals surface area contributed by atoms with Gasteiger partial charge in [0.05, 0.1) is 13.2 Å². The minimum absolute atomic E-state index is 0.180. The van der Waals surface area contributed by atoms with Gasteiger partial charge in [0.2, 0.25) is 0 Å². The van der Waals surface area contributed by atoms with Crippen molar-refractivity contribution in [3.8, 4) is 0 Å². The van der Waals surface area contributed by atoms with E-state index in [1.54, 1.807) is 19.9 Å². The average Bonchev–Trinajstić information content (AvgIpc) is 3.09.